The number of aliphatic carboxylic acids is 1. The molecule has 2 aromatic rings. The van der Waals surface area contributed by atoms with Gasteiger partial charge in [0.05, 0.1) is 13.0 Å². The molecule has 0 aromatic heterocycles. The Morgan fingerprint density at radius 1 is 1.10 bits per heavy atom. The fourth-order valence-electron chi connectivity index (χ4n) is 3.74. The number of fused-ring (bicyclic) bond motifs is 1. The fourth-order valence-corrected chi connectivity index (χ4v) is 3.74. The number of carboxylic acid groups (broad SMARTS) is 2. The van der Waals surface area contributed by atoms with Crippen molar-refractivity contribution in [3.05, 3.63) is 52.8 Å². The Morgan fingerprint density at radius 2 is 1.90 bits per heavy atom. The standard InChI is InChI=1S/C22H22FNO5/c23-19-5-4-15(18-11-24(22(27)28)8-7-16(18)19)17-9-14(10-21(25)26)3-6-20(17)29-12-13-1-2-13/h3-6,9,13H,1-2,7-8,10-12H2,(H,25,26)(H,27,28). The quantitative estimate of drug-likeness (QED) is 0.768. The Kier molecular flexibility index (Phi) is 5.13. The molecule has 29 heavy (non-hydrogen) atoms. The van der Waals surface area contributed by atoms with Crippen LogP contribution in [0, 0.1) is 11.7 Å². The van der Waals surface area contributed by atoms with Gasteiger partial charge < -0.3 is 19.8 Å². The molecule has 1 heterocycles. The second kappa shape index (κ2) is 7.73. The molecule has 0 saturated heterocycles. The van der Waals surface area contributed by atoms with Crippen LogP contribution in [0.2, 0.25) is 0 Å². The lowest BCUT2D eigenvalue weighted by Crippen LogP contribution is -2.35. The van der Waals surface area contributed by atoms with Gasteiger partial charge in [0.1, 0.15) is 11.6 Å². The summed E-state index contributed by atoms with van der Waals surface area (Å²) in [4.78, 5) is 23.9. The van der Waals surface area contributed by atoms with Crippen molar-refractivity contribution in [2.75, 3.05) is 13.2 Å². The zero-order valence-electron chi connectivity index (χ0n) is 15.9. The average Bonchev–Trinajstić information content (AvgIpc) is 3.51. The summed E-state index contributed by atoms with van der Waals surface area (Å²) in [6.07, 6.45) is 1.38. The molecule has 1 fully saturated rings. The number of benzene rings is 2. The Bertz CT molecular complexity index is 970. The molecule has 6 nitrogen and oxygen atoms in total. The van der Waals surface area contributed by atoms with Gasteiger partial charge >= 0.3 is 12.1 Å². The van der Waals surface area contributed by atoms with Crippen LogP contribution in [0.15, 0.2) is 30.3 Å². The molecule has 2 N–H and O–H groups in total. The number of ether oxygens (including phenoxy) is 1. The van der Waals surface area contributed by atoms with Gasteiger partial charge in [-0.15, -0.1) is 0 Å². The predicted octanol–water partition coefficient (Wildman–Crippen LogP) is 3.94. The normalized spacial score (nSPS) is 15.7. The monoisotopic (exact) mass is 399 g/mol. The highest BCUT2D eigenvalue weighted by Crippen LogP contribution is 2.39. The molecule has 2 aliphatic rings. The third kappa shape index (κ3) is 4.18. The minimum atomic E-state index is -1.05. The molecule has 1 amide bonds. The molecule has 2 aromatic carbocycles. The van der Waals surface area contributed by atoms with Crippen molar-refractivity contribution in [2.24, 2.45) is 5.92 Å². The van der Waals surface area contributed by atoms with Crippen LogP contribution in [-0.4, -0.2) is 40.3 Å². The van der Waals surface area contributed by atoms with Crippen molar-refractivity contribution >= 4 is 12.1 Å². The molecular weight excluding hydrogens is 377 g/mol. The Balaban J connectivity index is 1.79. The van der Waals surface area contributed by atoms with Crippen LogP contribution < -0.4 is 4.74 Å². The number of hydrogen-bond acceptors (Lipinski definition) is 3. The minimum absolute atomic E-state index is 0.0863. The van der Waals surface area contributed by atoms with Crippen LogP contribution in [0.3, 0.4) is 0 Å². The molecule has 0 radical (unpaired) electrons. The van der Waals surface area contributed by atoms with Crippen LogP contribution in [-0.2, 0) is 24.2 Å². The first-order valence-electron chi connectivity index (χ1n) is 9.68. The smallest absolute Gasteiger partial charge is 0.407 e. The van der Waals surface area contributed by atoms with Crippen LogP contribution in [0.25, 0.3) is 11.1 Å². The summed E-state index contributed by atoms with van der Waals surface area (Å²) >= 11 is 0. The summed E-state index contributed by atoms with van der Waals surface area (Å²) in [7, 11) is 0. The van der Waals surface area contributed by atoms with E-state index in [1.165, 1.54) is 11.0 Å². The first-order chi connectivity index (χ1) is 13.9. The first kappa shape index (κ1) is 19.2. The summed E-state index contributed by atoms with van der Waals surface area (Å²) in [5.74, 6) is -0.157. The zero-order valence-corrected chi connectivity index (χ0v) is 15.9. The third-order valence-corrected chi connectivity index (χ3v) is 5.49. The molecule has 1 saturated carbocycles. The van der Waals surface area contributed by atoms with E-state index in [1.807, 2.05) is 0 Å². The van der Waals surface area contributed by atoms with Gasteiger partial charge in [-0.3, -0.25) is 4.79 Å². The molecule has 7 heteroatoms. The van der Waals surface area contributed by atoms with Crippen molar-refractivity contribution in [3.63, 3.8) is 0 Å². The van der Waals surface area contributed by atoms with Crippen LogP contribution in [0.5, 0.6) is 5.75 Å². The number of carboxylic acids is 1. The van der Waals surface area contributed by atoms with E-state index in [4.69, 9.17) is 9.84 Å². The van der Waals surface area contributed by atoms with Crippen molar-refractivity contribution in [3.8, 4) is 16.9 Å². The van der Waals surface area contributed by atoms with Crippen LogP contribution in [0.4, 0.5) is 9.18 Å². The Labute approximate surface area is 167 Å². The number of rotatable bonds is 6. The number of carbonyl (C=O) groups is 2. The fraction of sp³-hybridized carbons (Fsp3) is 0.364. The van der Waals surface area contributed by atoms with E-state index < -0.39 is 12.1 Å². The number of halogens is 1. The van der Waals surface area contributed by atoms with Gasteiger partial charge in [0.2, 0.25) is 0 Å². The van der Waals surface area contributed by atoms with Crippen molar-refractivity contribution in [1.82, 2.24) is 4.90 Å². The van der Waals surface area contributed by atoms with Crippen LogP contribution in [0.1, 0.15) is 29.5 Å². The molecule has 152 valence electrons. The summed E-state index contributed by atoms with van der Waals surface area (Å²) in [6, 6.07) is 8.25. The summed E-state index contributed by atoms with van der Waals surface area (Å²) in [5, 5.41) is 18.5. The van der Waals surface area contributed by atoms with Gasteiger partial charge in [0, 0.05) is 18.7 Å². The van der Waals surface area contributed by atoms with E-state index in [0.29, 0.717) is 52.5 Å². The van der Waals surface area contributed by atoms with Gasteiger partial charge in [-0.05, 0) is 65.6 Å². The van der Waals surface area contributed by atoms with E-state index in [2.05, 4.69) is 0 Å². The predicted molar refractivity (Wildman–Crippen MR) is 104 cm³/mol. The van der Waals surface area contributed by atoms with Gasteiger partial charge in [0.25, 0.3) is 0 Å². The molecule has 0 bridgehead atoms. The maximum Gasteiger partial charge on any atom is 0.407 e. The summed E-state index contributed by atoms with van der Waals surface area (Å²) in [6.45, 7) is 0.908. The van der Waals surface area contributed by atoms with E-state index in [1.54, 1.807) is 24.3 Å². The number of amides is 1. The molecular formula is C22H22FNO5. The summed E-state index contributed by atoms with van der Waals surface area (Å²) < 4.78 is 20.4. The lowest BCUT2D eigenvalue weighted by Gasteiger charge is -2.29. The van der Waals surface area contributed by atoms with E-state index >= 15 is 0 Å². The largest absolute Gasteiger partial charge is 0.493 e. The van der Waals surface area contributed by atoms with Crippen molar-refractivity contribution < 1.29 is 28.9 Å². The molecule has 4 rings (SSSR count). The van der Waals surface area contributed by atoms with Gasteiger partial charge in [0.15, 0.2) is 0 Å². The van der Waals surface area contributed by atoms with Crippen molar-refractivity contribution in [1.29, 1.82) is 0 Å². The Hall–Kier alpha value is -3.09. The average molecular weight is 399 g/mol. The van der Waals surface area contributed by atoms with Crippen molar-refractivity contribution in [2.45, 2.75) is 32.2 Å². The number of nitrogens with zero attached hydrogens (tertiary/aromatic N) is 1. The third-order valence-electron chi connectivity index (χ3n) is 5.49. The summed E-state index contributed by atoms with van der Waals surface area (Å²) in [5.41, 5.74) is 3.09. The maximum atomic E-state index is 14.4. The molecule has 1 aliphatic heterocycles. The lowest BCUT2D eigenvalue weighted by molar-refractivity contribution is -0.136. The minimum Gasteiger partial charge on any atom is -0.493 e. The highest BCUT2D eigenvalue weighted by Gasteiger charge is 2.27. The Morgan fingerprint density at radius 3 is 2.59 bits per heavy atom. The van der Waals surface area contributed by atoms with Gasteiger partial charge in [-0.25, -0.2) is 9.18 Å². The van der Waals surface area contributed by atoms with Gasteiger partial charge in [-0.2, -0.15) is 0 Å². The zero-order chi connectivity index (χ0) is 20.5. The SMILES string of the molecule is O=C(O)Cc1ccc(OCC2CC2)c(-c2ccc(F)c3c2CN(C(=O)O)CC3)c1. The second-order valence-corrected chi connectivity index (χ2v) is 7.66. The highest BCUT2D eigenvalue weighted by molar-refractivity contribution is 5.78. The number of hydrogen-bond donors (Lipinski definition) is 2. The van der Waals surface area contributed by atoms with E-state index in [0.717, 1.165) is 12.8 Å². The molecule has 0 unspecified atom stereocenters. The molecule has 1 aliphatic carbocycles. The van der Waals surface area contributed by atoms with Crippen LogP contribution >= 0.6 is 0 Å². The van der Waals surface area contributed by atoms with E-state index in [-0.39, 0.29) is 25.3 Å². The maximum absolute atomic E-state index is 14.4. The highest BCUT2D eigenvalue weighted by atomic mass is 19.1. The van der Waals surface area contributed by atoms with Gasteiger partial charge in [-0.1, -0.05) is 12.1 Å². The second-order valence-electron chi connectivity index (χ2n) is 7.66. The molecule has 0 spiro atoms. The first-order valence-corrected chi connectivity index (χ1v) is 9.68. The lowest BCUT2D eigenvalue weighted by atomic mass is 9.89. The topological polar surface area (TPSA) is 87.1 Å². The molecule has 0 atom stereocenters. The van der Waals surface area contributed by atoms with E-state index in [9.17, 15) is 19.1 Å².